The van der Waals surface area contributed by atoms with Crippen LogP contribution in [0.4, 0.5) is 0 Å². The van der Waals surface area contributed by atoms with Crippen LogP contribution in [0, 0.1) is 13.8 Å². The number of carbonyl (C=O) groups is 1. The molecule has 2 nitrogen and oxygen atoms in total. The molecular formula is C10H11ClO2. The number of halogens is 1. The Balaban J connectivity index is 3.50. The van der Waals surface area contributed by atoms with Crippen molar-refractivity contribution in [2.75, 3.05) is 0 Å². The smallest absolute Gasteiger partial charge is 0.160 e. The van der Waals surface area contributed by atoms with Gasteiger partial charge in [-0.2, -0.15) is 0 Å². The third-order valence-corrected chi connectivity index (χ3v) is 2.53. The van der Waals surface area contributed by atoms with Crippen molar-refractivity contribution < 1.29 is 9.90 Å². The number of ketones is 1. The number of benzene rings is 1. The first-order valence-electron chi connectivity index (χ1n) is 3.94. The van der Waals surface area contributed by atoms with Gasteiger partial charge in [-0.25, -0.2) is 0 Å². The number of rotatable bonds is 1. The van der Waals surface area contributed by atoms with Crippen LogP contribution in [0.25, 0.3) is 0 Å². The summed E-state index contributed by atoms with van der Waals surface area (Å²) in [5, 5.41) is 9.85. The lowest BCUT2D eigenvalue weighted by Crippen LogP contribution is -1.97. The van der Waals surface area contributed by atoms with E-state index in [9.17, 15) is 9.90 Å². The lowest BCUT2D eigenvalue weighted by molar-refractivity contribution is 0.101. The first-order chi connectivity index (χ1) is 5.95. The monoisotopic (exact) mass is 198 g/mol. The maximum atomic E-state index is 11.1. The second-order valence-corrected chi connectivity index (χ2v) is 3.46. The van der Waals surface area contributed by atoms with Gasteiger partial charge in [-0.3, -0.25) is 4.79 Å². The van der Waals surface area contributed by atoms with E-state index in [1.165, 1.54) is 6.92 Å². The quantitative estimate of drug-likeness (QED) is 0.705. The van der Waals surface area contributed by atoms with Crippen LogP contribution in [0.2, 0.25) is 5.02 Å². The van der Waals surface area contributed by atoms with E-state index in [0.717, 1.165) is 5.56 Å². The Hall–Kier alpha value is -1.02. The molecule has 0 atom stereocenters. The number of carbonyl (C=O) groups excluding carboxylic acids is 1. The maximum Gasteiger partial charge on any atom is 0.160 e. The summed E-state index contributed by atoms with van der Waals surface area (Å²) in [6.45, 7) is 4.90. The van der Waals surface area contributed by atoms with Crippen LogP contribution < -0.4 is 0 Å². The van der Waals surface area contributed by atoms with Gasteiger partial charge in [0, 0.05) is 11.1 Å². The summed E-state index contributed by atoms with van der Waals surface area (Å²) in [5.74, 6) is -0.0561. The third kappa shape index (κ3) is 1.68. The topological polar surface area (TPSA) is 37.3 Å². The lowest BCUT2D eigenvalue weighted by atomic mass is 10.0. The molecule has 0 amide bonds. The van der Waals surface area contributed by atoms with Crippen molar-refractivity contribution in [2.45, 2.75) is 20.8 Å². The summed E-state index contributed by atoms with van der Waals surface area (Å²) >= 11 is 5.80. The Morgan fingerprint density at radius 2 is 2.00 bits per heavy atom. The van der Waals surface area contributed by atoms with Crippen molar-refractivity contribution >= 4 is 17.4 Å². The van der Waals surface area contributed by atoms with E-state index in [1.54, 1.807) is 19.9 Å². The molecule has 70 valence electrons. The zero-order chi connectivity index (χ0) is 10.2. The first-order valence-corrected chi connectivity index (χ1v) is 4.32. The van der Waals surface area contributed by atoms with E-state index >= 15 is 0 Å². The molecule has 1 rings (SSSR count). The van der Waals surface area contributed by atoms with E-state index in [-0.39, 0.29) is 11.5 Å². The van der Waals surface area contributed by atoms with E-state index in [2.05, 4.69) is 0 Å². The molecule has 0 aliphatic heterocycles. The highest BCUT2D eigenvalue weighted by Gasteiger charge is 2.13. The fraction of sp³-hybridized carbons (Fsp3) is 0.300. The zero-order valence-electron chi connectivity index (χ0n) is 7.81. The number of phenolic OH excluding ortho intramolecular Hbond substituents is 1. The van der Waals surface area contributed by atoms with E-state index in [4.69, 9.17) is 11.6 Å². The van der Waals surface area contributed by atoms with Crippen LogP contribution in [-0.2, 0) is 0 Å². The second kappa shape index (κ2) is 3.38. The molecule has 0 saturated heterocycles. The molecule has 13 heavy (non-hydrogen) atoms. The molecule has 0 bridgehead atoms. The van der Waals surface area contributed by atoms with Gasteiger partial charge in [0.15, 0.2) is 5.78 Å². The van der Waals surface area contributed by atoms with Gasteiger partial charge in [-0.05, 0) is 32.4 Å². The van der Waals surface area contributed by atoms with Crippen LogP contribution >= 0.6 is 11.6 Å². The molecule has 0 heterocycles. The molecule has 1 N–H and O–H groups in total. The highest BCUT2D eigenvalue weighted by Crippen LogP contribution is 2.32. The predicted octanol–water partition coefficient (Wildman–Crippen LogP) is 2.87. The highest BCUT2D eigenvalue weighted by atomic mass is 35.5. The van der Waals surface area contributed by atoms with Gasteiger partial charge in [-0.15, -0.1) is 0 Å². The summed E-state index contributed by atoms with van der Waals surface area (Å²) in [5.41, 5.74) is 1.79. The highest BCUT2D eigenvalue weighted by molar-refractivity contribution is 6.33. The minimum Gasteiger partial charge on any atom is -0.506 e. The van der Waals surface area contributed by atoms with Crippen molar-refractivity contribution in [3.05, 3.63) is 27.8 Å². The van der Waals surface area contributed by atoms with Gasteiger partial charge in [0.25, 0.3) is 0 Å². The maximum absolute atomic E-state index is 11.1. The molecule has 1 aromatic rings. The Kier molecular flexibility index (Phi) is 2.62. The molecular weight excluding hydrogens is 188 g/mol. The predicted molar refractivity (Wildman–Crippen MR) is 52.6 cm³/mol. The molecule has 0 aliphatic carbocycles. The normalized spacial score (nSPS) is 10.2. The summed E-state index contributed by atoms with van der Waals surface area (Å²) < 4.78 is 0. The second-order valence-electron chi connectivity index (χ2n) is 3.08. The van der Waals surface area contributed by atoms with Crippen LogP contribution in [0.1, 0.15) is 28.4 Å². The van der Waals surface area contributed by atoms with Crippen molar-refractivity contribution in [1.82, 2.24) is 0 Å². The Morgan fingerprint density at radius 3 is 2.46 bits per heavy atom. The molecule has 0 radical (unpaired) electrons. The van der Waals surface area contributed by atoms with Crippen molar-refractivity contribution in [3.8, 4) is 5.75 Å². The Morgan fingerprint density at radius 1 is 1.46 bits per heavy atom. The lowest BCUT2D eigenvalue weighted by Gasteiger charge is -2.08. The van der Waals surface area contributed by atoms with E-state index in [0.29, 0.717) is 16.1 Å². The zero-order valence-corrected chi connectivity index (χ0v) is 8.57. The standard InChI is InChI=1S/C10H11ClO2/c1-5-4-8(7(3)12)6(2)10(13)9(5)11/h4,13H,1-3H3. The molecule has 0 spiro atoms. The summed E-state index contributed by atoms with van der Waals surface area (Å²) in [4.78, 5) is 11.1. The van der Waals surface area contributed by atoms with Gasteiger partial charge in [0.05, 0.1) is 5.02 Å². The number of Topliss-reactive ketones (excluding diaryl/α,β-unsaturated/α-hetero) is 1. The number of aryl methyl sites for hydroxylation is 1. The SMILES string of the molecule is CC(=O)c1cc(C)c(Cl)c(O)c1C. The molecule has 0 fully saturated rings. The first kappa shape index (κ1) is 10.1. The summed E-state index contributed by atoms with van der Waals surface area (Å²) in [6.07, 6.45) is 0. The van der Waals surface area contributed by atoms with Crippen molar-refractivity contribution in [1.29, 1.82) is 0 Å². The van der Waals surface area contributed by atoms with Crippen molar-refractivity contribution in [2.24, 2.45) is 0 Å². The van der Waals surface area contributed by atoms with Crippen LogP contribution in [0.5, 0.6) is 5.75 Å². The average molecular weight is 199 g/mol. The number of phenols is 1. The van der Waals surface area contributed by atoms with E-state index in [1.807, 2.05) is 0 Å². The fourth-order valence-electron chi connectivity index (χ4n) is 1.23. The van der Waals surface area contributed by atoms with Gasteiger partial charge >= 0.3 is 0 Å². The van der Waals surface area contributed by atoms with Crippen LogP contribution in [0.3, 0.4) is 0 Å². The average Bonchev–Trinajstić information content (AvgIpc) is 2.07. The molecule has 0 aliphatic rings. The Bertz CT molecular complexity index is 370. The minimum atomic E-state index is -0.0624. The summed E-state index contributed by atoms with van der Waals surface area (Å²) in [6, 6.07) is 1.69. The van der Waals surface area contributed by atoms with Gasteiger partial charge in [0.2, 0.25) is 0 Å². The number of hydrogen-bond donors (Lipinski definition) is 1. The Labute approximate surface area is 82.2 Å². The van der Waals surface area contributed by atoms with Gasteiger partial charge in [0.1, 0.15) is 5.75 Å². The molecule has 0 saturated carbocycles. The third-order valence-electron chi connectivity index (χ3n) is 2.05. The summed E-state index contributed by atoms with van der Waals surface area (Å²) in [7, 11) is 0. The largest absolute Gasteiger partial charge is 0.506 e. The van der Waals surface area contributed by atoms with Gasteiger partial charge in [-0.1, -0.05) is 11.6 Å². The van der Waals surface area contributed by atoms with Crippen molar-refractivity contribution in [3.63, 3.8) is 0 Å². The van der Waals surface area contributed by atoms with Crippen LogP contribution in [-0.4, -0.2) is 10.9 Å². The number of hydrogen-bond acceptors (Lipinski definition) is 2. The van der Waals surface area contributed by atoms with Crippen LogP contribution in [0.15, 0.2) is 6.07 Å². The molecule has 1 aromatic carbocycles. The number of aromatic hydroxyl groups is 1. The molecule has 0 aromatic heterocycles. The molecule has 0 unspecified atom stereocenters. The van der Waals surface area contributed by atoms with E-state index < -0.39 is 0 Å². The minimum absolute atomic E-state index is 0.00636. The molecule has 3 heteroatoms. The van der Waals surface area contributed by atoms with Gasteiger partial charge < -0.3 is 5.11 Å². The fourth-order valence-corrected chi connectivity index (χ4v) is 1.43.